The Kier molecular flexibility index (Phi) is 5.14. The Bertz CT molecular complexity index is 1160. The van der Waals surface area contributed by atoms with E-state index in [9.17, 15) is 14.0 Å². The molecule has 0 spiro atoms. The SMILES string of the molecule is O=C1CCN(C(=O)c2cc(C3CC3)nc3ccccc23)CCN1Cc1cccc(F)c1. The fraction of sp³-hybridized carbons (Fsp3) is 0.320. The fourth-order valence-corrected chi connectivity index (χ4v) is 4.22. The summed E-state index contributed by atoms with van der Waals surface area (Å²) in [5, 5.41) is 0.851. The predicted molar refractivity (Wildman–Crippen MR) is 116 cm³/mol. The zero-order chi connectivity index (χ0) is 21.4. The van der Waals surface area contributed by atoms with Crippen molar-refractivity contribution in [1.82, 2.24) is 14.8 Å². The number of pyridine rings is 1. The van der Waals surface area contributed by atoms with Crippen LogP contribution >= 0.6 is 0 Å². The number of nitrogens with zero attached hydrogens (tertiary/aromatic N) is 3. The molecule has 0 bridgehead atoms. The van der Waals surface area contributed by atoms with Crippen LogP contribution in [0.1, 0.15) is 46.8 Å². The number of benzene rings is 2. The van der Waals surface area contributed by atoms with Crippen molar-refractivity contribution in [2.24, 2.45) is 0 Å². The van der Waals surface area contributed by atoms with Crippen LogP contribution in [0.3, 0.4) is 0 Å². The number of hydrogen-bond acceptors (Lipinski definition) is 3. The standard InChI is InChI=1S/C25H24FN3O2/c26-19-5-3-4-17(14-19)16-29-13-12-28(11-10-24(29)30)25(31)21-15-23(18-8-9-18)27-22-7-2-1-6-20(21)22/h1-7,14-15,18H,8-13,16H2. The highest BCUT2D eigenvalue weighted by molar-refractivity contribution is 6.06. The van der Waals surface area contributed by atoms with Crippen molar-refractivity contribution in [2.45, 2.75) is 31.7 Å². The monoisotopic (exact) mass is 417 g/mol. The lowest BCUT2D eigenvalue weighted by molar-refractivity contribution is -0.130. The Hall–Kier alpha value is -3.28. The number of carbonyl (C=O) groups is 2. The first-order valence-corrected chi connectivity index (χ1v) is 10.8. The number of hydrogen-bond donors (Lipinski definition) is 0. The summed E-state index contributed by atoms with van der Waals surface area (Å²) in [4.78, 5) is 34.4. The summed E-state index contributed by atoms with van der Waals surface area (Å²) in [6.45, 7) is 1.62. The lowest BCUT2D eigenvalue weighted by Gasteiger charge is -2.23. The Morgan fingerprint density at radius 3 is 2.68 bits per heavy atom. The van der Waals surface area contributed by atoms with Crippen LogP contribution in [0.4, 0.5) is 4.39 Å². The highest BCUT2D eigenvalue weighted by Gasteiger charge is 2.29. The average molecular weight is 417 g/mol. The molecule has 0 unspecified atom stereocenters. The second-order valence-electron chi connectivity index (χ2n) is 8.37. The van der Waals surface area contributed by atoms with E-state index < -0.39 is 0 Å². The van der Waals surface area contributed by atoms with Gasteiger partial charge in [0.25, 0.3) is 5.91 Å². The smallest absolute Gasteiger partial charge is 0.254 e. The van der Waals surface area contributed by atoms with Crippen LogP contribution in [-0.4, -0.2) is 46.2 Å². The minimum Gasteiger partial charge on any atom is -0.337 e. The third-order valence-corrected chi connectivity index (χ3v) is 6.10. The second-order valence-corrected chi connectivity index (χ2v) is 8.37. The number of fused-ring (bicyclic) bond motifs is 1. The van der Waals surface area contributed by atoms with Crippen molar-refractivity contribution >= 4 is 22.7 Å². The third-order valence-electron chi connectivity index (χ3n) is 6.10. The van der Waals surface area contributed by atoms with Gasteiger partial charge in [-0.05, 0) is 42.7 Å². The number of aromatic nitrogens is 1. The number of para-hydroxylation sites is 1. The van der Waals surface area contributed by atoms with Crippen molar-refractivity contribution in [1.29, 1.82) is 0 Å². The van der Waals surface area contributed by atoms with E-state index >= 15 is 0 Å². The summed E-state index contributed by atoms with van der Waals surface area (Å²) in [5.41, 5.74) is 3.25. The molecule has 0 radical (unpaired) electrons. The van der Waals surface area contributed by atoms with Crippen LogP contribution in [0.25, 0.3) is 10.9 Å². The molecule has 1 aliphatic carbocycles. The summed E-state index contributed by atoms with van der Waals surface area (Å²) in [6.07, 6.45) is 2.50. The molecule has 1 aliphatic heterocycles. The maximum atomic E-state index is 13.5. The molecule has 158 valence electrons. The zero-order valence-electron chi connectivity index (χ0n) is 17.3. The molecule has 0 N–H and O–H groups in total. The molecular formula is C25H24FN3O2. The molecular weight excluding hydrogens is 393 g/mol. The first-order valence-electron chi connectivity index (χ1n) is 10.8. The summed E-state index contributed by atoms with van der Waals surface area (Å²) in [7, 11) is 0. The predicted octanol–water partition coefficient (Wildman–Crippen LogP) is 4.13. The first kappa shape index (κ1) is 19.7. The molecule has 2 aromatic carbocycles. The van der Waals surface area contributed by atoms with E-state index in [4.69, 9.17) is 4.98 Å². The Balaban J connectivity index is 1.37. The number of halogens is 1. The minimum absolute atomic E-state index is 0.0159. The Labute approximate surface area is 180 Å². The summed E-state index contributed by atoms with van der Waals surface area (Å²) in [5.74, 6) is 0.0648. The van der Waals surface area contributed by atoms with Gasteiger partial charge < -0.3 is 9.80 Å². The van der Waals surface area contributed by atoms with E-state index in [1.54, 1.807) is 15.9 Å². The Morgan fingerprint density at radius 1 is 1.03 bits per heavy atom. The van der Waals surface area contributed by atoms with E-state index in [1.165, 1.54) is 12.1 Å². The van der Waals surface area contributed by atoms with E-state index in [-0.39, 0.29) is 24.1 Å². The van der Waals surface area contributed by atoms with E-state index in [1.807, 2.05) is 36.4 Å². The zero-order valence-corrected chi connectivity index (χ0v) is 17.3. The molecule has 3 aromatic rings. The number of rotatable bonds is 4. The third kappa shape index (κ3) is 4.15. The quantitative estimate of drug-likeness (QED) is 0.642. The minimum atomic E-state index is -0.312. The maximum Gasteiger partial charge on any atom is 0.254 e. The van der Waals surface area contributed by atoms with E-state index in [2.05, 4.69) is 0 Å². The van der Waals surface area contributed by atoms with Gasteiger partial charge in [-0.15, -0.1) is 0 Å². The van der Waals surface area contributed by atoms with Crippen molar-refractivity contribution in [3.63, 3.8) is 0 Å². The number of amides is 2. The highest BCUT2D eigenvalue weighted by Crippen LogP contribution is 2.40. The molecule has 5 rings (SSSR count). The van der Waals surface area contributed by atoms with Crippen LogP contribution in [0.15, 0.2) is 54.6 Å². The molecule has 31 heavy (non-hydrogen) atoms. The van der Waals surface area contributed by atoms with Crippen molar-refractivity contribution in [2.75, 3.05) is 19.6 Å². The summed E-state index contributed by atoms with van der Waals surface area (Å²) < 4.78 is 13.5. The molecule has 1 saturated carbocycles. The maximum absolute atomic E-state index is 13.5. The lowest BCUT2D eigenvalue weighted by Crippen LogP contribution is -2.35. The average Bonchev–Trinajstić information content (AvgIpc) is 3.63. The summed E-state index contributed by atoms with van der Waals surface area (Å²) >= 11 is 0. The highest BCUT2D eigenvalue weighted by atomic mass is 19.1. The van der Waals surface area contributed by atoms with Gasteiger partial charge in [0.05, 0.1) is 11.1 Å². The number of carbonyl (C=O) groups excluding carboxylic acids is 2. The van der Waals surface area contributed by atoms with E-state index in [0.717, 1.165) is 35.0 Å². The van der Waals surface area contributed by atoms with Crippen LogP contribution in [0.2, 0.25) is 0 Å². The van der Waals surface area contributed by atoms with Crippen LogP contribution in [0.5, 0.6) is 0 Å². The normalized spacial score (nSPS) is 17.1. The van der Waals surface area contributed by atoms with Crippen LogP contribution in [-0.2, 0) is 11.3 Å². The molecule has 5 nitrogen and oxygen atoms in total. The first-order chi connectivity index (χ1) is 15.1. The largest absolute Gasteiger partial charge is 0.337 e. The topological polar surface area (TPSA) is 53.5 Å². The van der Waals surface area contributed by atoms with Crippen molar-refractivity contribution in [3.8, 4) is 0 Å². The molecule has 6 heteroatoms. The van der Waals surface area contributed by atoms with Crippen LogP contribution < -0.4 is 0 Å². The van der Waals surface area contributed by atoms with Gasteiger partial charge in [-0.1, -0.05) is 30.3 Å². The molecule has 1 aromatic heterocycles. The van der Waals surface area contributed by atoms with Gasteiger partial charge in [-0.3, -0.25) is 14.6 Å². The van der Waals surface area contributed by atoms with Crippen molar-refractivity contribution < 1.29 is 14.0 Å². The van der Waals surface area contributed by atoms with E-state index in [0.29, 0.717) is 37.7 Å². The molecule has 2 fully saturated rings. The second kappa shape index (κ2) is 8.10. The summed E-state index contributed by atoms with van der Waals surface area (Å²) in [6, 6.07) is 16.0. The van der Waals surface area contributed by atoms with Gasteiger partial charge in [0.15, 0.2) is 0 Å². The fourth-order valence-electron chi connectivity index (χ4n) is 4.22. The molecule has 2 amide bonds. The molecule has 2 aliphatic rings. The molecule has 0 atom stereocenters. The van der Waals surface area contributed by atoms with Gasteiger partial charge in [0.1, 0.15) is 5.82 Å². The van der Waals surface area contributed by atoms with Gasteiger partial charge in [-0.2, -0.15) is 0 Å². The van der Waals surface area contributed by atoms with Crippen LogP contribution in [0, 0.1) is 5.82 Å². The van der Waals surface area contributed by atoms with Gasteiger partial charge >= 0.3 is 0 Å². The van der Waals surface area contributed by atoms with Gasteiger partial charge in [0.2, 0.25) is 5.91 Å². The lowest BCUT2D eigenvalue weighted by atomic mass is 10.0. The molecule has 2 heterocycles. The van der Waals surface area contributed by atoms with Gasteiger partial charge in [0, 0.05) is 49.6 Å². The Morgan fingerprint density at radius 2 is 1.87 bits per heavy atom. The molecule has 1 saturated heterocycles. The van der Waals surface area contributed by atoms with Gasteiger partial charge in [-0.25, -0.2) is 4.39 Å². The van der Waals surface area contributed by atoms with Crippen molar-refractivity contribution in [3.05, 3.63) is 77.2 Å².